The number of fused-ring (bicyclic) bond motifs is 1. The van der Waals surface area contributed by atoms with Crippen LogP contribution in [0, 0.1) is 17.1 Å². The van der Waals surface area contributed by atoms with E-state index in [1.807, 2.05) is 59.5 Å². The molecule has 12 heteroatoms. The number of hydrogen-bond donors (Lipinski definition) is 5. The molecule has 0 unspecified atom stereocenters. The molecule has 11 nitrogen and oxygen atoms in total. The highest BCUT2D eigenvalue weighted by atomic mass is 19.1. The summed E-state index contributed by atoms with van der Waals surface area (Å²) in [5.41, 5.74) is 0.243. The number of carbonyl (C=O) groups excluding carboxylic acids is 1. The first kappa shape index (κ1) is 32.8. The van der Waals surface area contributed by atoms with Crippen molar-refractivity contribution in [3.63, 3.8) is 0 Å². The molecular weight excluding hydrogens is 585 g/mol. The molecule has 0 aromatic heterocycles. The predicted molar refractivity (Wildman–Crippen MR) is 159 cm³/mol. The average Bonchev–Trinajstić information content (AvgIpc) is 3.37. The normalized spacial score (nSPS) is 15.9. The zero-order valence-corrected chi connectivity index (χ0v) is 24.2. The lowest BCUT2D eigenvalue weighted by Gasteiger charge is -2.39. The molecule has 0 spiro atoms. The minimum absolute atomic E-state index is 0.0302. The summed E-state index contributed by atoms with van der Waals surface area (Å²) in [5, 5.41) is 48.7. The SMILES string of the molecule is N#Cc1cc(CN2CC=C(C3(c4ccc(F)cc4)CCNCC3)C2=O)c2ccccc2c1.O=C(O)CC(O)(CC(=O)O)C(=O)O. The summed E-state index contributed by atoms with van der Waals surface area (Å²) in [6.07, 6.45) is 1.37. The Morgan fingerprint density at radius 2 is 1.60 bits per heavy atom. The quantitative estimate of drug-likeness (QED) is 0.239. The fraction of sp³-hybridized carbons (Fsp3) is 0.303. The lowest BCUT2D eigenvalue weighted by atomic mass is 9.68. The molecule has 3 aromatic carbocycles. The molecule has 45 heavy (non-hydrogen) atoms. The number of carboxylic acid groups (broad SMARTS) is 3. The van der Waals surface area contributed by atoms with Crippen LogP contribution in [0.15, 0.2) is 72.3 Å². The van der Waals surface area contributed by atoms with Gasteiger partial charge in [-0.3, -0.25) is 14.4 Å². The Labute approximate surface area is 257 Å². The van der Waals surface area contributed by atoms with Gasteiger partial charge in [0.15, 0.2) is 5.60 Å². The number of aliphatic carboxylic acids is 3. The maximum absolute atomic E-state index is 13.6. The van der Waals surface area contributed by atoms with Crippen LogP contribution in [0.4, 0.5) is 4.39 Å². The summed E-state index contributed by atoms with van der Waals surface area (Å²) in [7, 11) is 0. The zero-order valence-electron chi connectivity index (χ0n) is 24.2. The number of aliphatic hydroxyl groups is 1. The number of nitrogens with zero attached hydrogens (tertiary/aromatic N) is 2. The number of rotatable bonds is 9. The van der Waals surface area contributed by atoms with Gasteiger partial charge in [-0.2, -0.15) is 5.26 Å². The Bertz CT molecular complexity index is 1670. The van der Waals surface area contributed by atoms with Crippen molar-refractivity contribution in [2.45, 2.75) is 43.2 Å². The number of amides is 1. The van der Waals surface area contributed by atoms with Crippen LogP contribution in [0.5, 0.6) is 0 Å². The number of carboxylic acids is 3. The molecular formula is C33H32FN3O8. The largest absolute Gasteiger partial charge is 0.481 e. The monoisotopic (exact) mass is 617 g/mol. The fourth-order valence-corrected chi connectivity index (χ4v) is 5.92. The van der Waals surface area contributed by atoms with E-state index in [1.54, 1.807) is 0 Å². The molecule has 0 saturated carbocycles. The van der Waals surface area contributed by atoms with E-state index in [0.29, 0.717) is 18.7 Å². The Kier molecular flexibility index (Phi) is 9.96. The molecule has 0 bridgehead atoms. The van der Waals surface area contributed by atoms with Crippen molar-refractivity contribution in [1.82, 2.24) is 10.2 Å². The van der Waals surface area contributed by atoms with Crippen molar-refractivity contribution in [3.8, 4) is 6.07 Å². The zero-order chi connectivity index (χ0) is 32.8. The van der Waals surface area contributed by atoms with Gasteiger partial charge in [0.2, 0.25) is 0 Å². The number of piperidine rings is 1. The summed E-state index contributed by atoms with van der Waals surface area (Å²) < 4.78 is 13.6. The first-order chi connectivity index (χ1) is 21.4. The van der Waals surface area contributed by atoms with E-state index in [1.165, 1.54) is 12.1 Å². The van der Waals surface area contributed by atoms with Crippen LogP contribution in [0.25, 0.3) is 10.8 Å². The molecule has 2 heterocycles. The minimum atomic E-state index is -2.74. The summed E-state index contributed by atoms with van der Waals surface area (Å²) in [6, 6.07) is 20.6. The third-order valence-electron chi connectivity index (χ3n) is 8.13. The van der Waals surface area contributed by atoms with Crippen LogP contribution in [-0.2, 0) is 31.1 Å². The van der Waals surface area contributed by atoms with Crippen LogP contribution in [0.2, 0.25) is 0 Å². The maximum Gasteiger partial charge on any atom is 0.336 e. The van der Waals surface area contributed by atoms with Gasteiger partial charge in [-0.1, -0.05) is 42.5 Å². The van der Waals surface area contributed by atoms with E-state index >= 15 is 0 Å². The van der Waals surface area contributed by atoms with Gasteiger partial charge in [-0.15, -0.1) is 0 Å². The number of nitrogens with one attached hydrogen (secondary N) is 1. The van der Waals surface area contributed by atoms with Crippen LogP contribution in [0.3, 0.4) is 0 Å². The molecule has 0 atom stereocenters. The standard InChI is InChI=1S/C27H24FN3O.C6H8O7/c28-23-7-5-22(6-8-23)27(10-12-30-13-11-27)25-9-14-31(26(25)32)18-21-16-19(17-29)15-20-3-1-2-4-24(20)21;7-3(8)1-6(13,5(11)12)2-4(9)10/h1-9,15-16,30H,10-14,18H2;13H,1-2H2,(H,7,8)(H,9,10)(H,11,12). The molecule has 1 fully saturated rings. The number of halogens is 1. The average molecular weight is 618 g/mol. The summed E-state index contributed by atoms with van der Waals surface area (Å²) in [5.74, 6) is -5.26. The van der Waals surface area contributed by atoms with Gasteiger partial charge in [-0.25, -0.2) is 9.18 Å². The van der Waals surface area contributed by atoms with E-state index < -0.39 is 41.8 Å². The number of nitriles is 1. The molecule has 2 aliphatic rings. The Morgan fingerprint density at radius 3 is 2.18 bits per heavy atom. The number of benzene rings is 3. The fourth-order valence-electron chi connectivity index (χ4n) is 5.92. The van der Waals surface area contributed by atoms with Gasteiger partial charge in [0, 0.05) is 24.1 Å². The summed E-state index contributed by atoms with van der Waals surface area (Å²) >= 11 is 0. The van der Waals surface area contributed by atoms with Crippen LogP contribution < -0.4 is 5.32 Å². The molecule has 5 rings (SSSR count). The van der Waals surface area contributed by atoms with E-state index in [-0.39, 0.29) is 11.7 Å². The van der Waals surface area contributed by atoms with E-state index in [2.05, 4.69) is 11.4 Å². The van der Waals surface area contributed by atoms with Crippen LogP contribution in [-0.4, -0.2) is 74.4 Å². The lowest BCUT2D eigenvalue weighted by Crippen LogP contribution is -2.44. The second-order valence-electron chi connectivity index (χ2n) is 11.1. The summed E-state index contributed by atoms with van der Waals surface area (Å²) in [4.78, 5) is 46.0. The van der Waals surface area contributed by atoms with Crippen LogP contribution in [0.1, 0.15) is 42.4 Å². The molecule has 5 N–H and O–H groups in total. The van der Waals surface area contributed by atoms with Crippen molar-refractivity contribution in [3.05, 3.63) is 94.8 Å². The first-order valence-electron chi connectivity index (χ1n) is 14.2. The maximum atomic E-state index is 13.6. The highest BCUT2D eigenvalue weighted by Gasteiger charge is 2.44. The highest BCUT2D eigenvalue weighted by Crippen LogP contribution is 2.43. The smallest absolute Gasteiger partial charge is 0.336 e. The molecule has 1 saturated heterocycles. The van der Waals surface area contributed by atoms with Crippen molar-refractivity contribution < 1.29 is 44.0 Å². The number of carbonyl (C=O) groups is 4. The minimum Gasteiger partial charge on any atom is -0.481 e. The van der Waals surface area contributed by atoms with Gasteiger partial charge in [0.1, 0.15) is 5.82 Å². The van der Waals surface area contributed by atoms with E-state index in [0.717, 1.165) is 53.4 Å². The van der Waals surface area contributed by atoms with Crippen molar-refractivity contribution in [2.24, 2.45) is 0 Å². The van der Waals surface area contributed by atoms with Crippen molar-refractivity contribution in [2.75, 3.05) is 19.6 Å². The van der Waals surface area contributed by atoms with Crippen molar-refractivity contribution >= 4 is 34.6 Å². The lowest BCUT2D eigenvalue weighted by molar-refractivity contribution is -0.170. The molecule has 1 amide bonds. The van der Waals surface area contributed by atoms with E-state index in [4.69, 9.17) is 20.4 Å². The van der Waals surface area contributed by atoms with Gasteiger partial charge in [0.25, 0.3) is 5.91 Å². The third kappa shape index (κ3) is 7.34. The molecule has 3 aromatic rings. The first-order valence-corrected chi connectivity index (χ1v) is 14.2. The summed E-state index contributed by atoms with van der Waals surface area (Å²) in [6.45, 7) is 2.62. The van der Waals surface area contributed by atoms with Gasteiger partial charge in [-0.05, 0) is 72.1 Å². The van der Waals surface area contributed by atoms with Gasteiger partial charge < -0.3 is 30.6 Å². The van der Waals surface area contributed by atoms with Crippen molar-refractivity contribution in [1.29, 1.82) is 5.26 Å². The second-order valence-corrected chi connectivity index (χ2v) is 11.1. The van der Waals surface area contributed by atoms with Crippen LogP contribution >= 0.6 is 0 Å². The molecule has 0 aliphatic carbocycles. The Hall–Kier alpha value is -5.12. The van der Waals surface area contributed by atoms with Gasteiger partial charge >= 0.3 is 17.9 Å². The van der Waals surface area contributed by atoms with E-state index in [9.17, 15) is 28.8 Å². The Balaban J connectivity index is 0.000000302. The Morgan fingerprint density at radius 1 is 0.978 bits per heavy atom. The molecule has 2 aliphatic heterocycles. The molecule has 0 radical (unpaired) electrons. The second kappa shape index (κ2) is 13.7. The highest BCUT2D eigenvalue weighted by molar-refractivity contribution is 5.99. The topological polar surface area (TPSA) is 188 Å². The third-order valence-corrected chi connectivity index (χ3v) is 8.13. The molecule has 234 valence electrons. The number of hydrogen-bond acceptors (Lipinski definition) is 7. The predicted octanol–water partition coefficient (Wildman–Crippen LogP) is 3.19. The van der Waals surface area contributed by atoms with Gasteiger partial charge in [0.05, 0.1) is 24.5 Å².